The first-order valence-corrected chi connectivity index (χ1v) is 5.55. The molecule has 0 saturated heterocycles. The second-order valence-electron chi connectivity index (χ2n) is 3.71. The lowest BCUT2D eigenvalue weighted by molar-refractivity contribution is -0.389. The number of aromatic nitrogens is 3. The number of hydrogen-bond acceptors (Lipinski definition) is 5. The fraction of sp³-hybridized carbons (Fsp3) is 0.273. The van der Waals surface area contributed by atoms with Crippen LogP contribution in [0.25, 0.3) is 0 Å². The van der Waals surface area contributed by atoms with Gasteiger partial charge in [0.25, 0.3) is 0 Å². The van der Waals surface area contributed by atoms with Crippen LogP contribution < -0.4 is 5.32 Å². The van der Waals surface area contributed by atoms with Gasteiger partial charge in [0.05, 0.1) is 23.9 Å². The Morgan fingerprint density at radius 1 is 1.44 bits per heavy atom. The van der Waals surface area contributed by atoms with Crippen LogP contribution in [0.1, 0.15) is 12.5 Å². The zero-order valence-electron chi connectivity index (χ0n) is 9.91. The highest BCUT2D eigenvalue weighted by molar-refractivity contribution is 5.35. The third kappa shape index (κ3) is 2.82. The smallest absolute Gasteiger partial charge is 0.370 e. The highest BCUT2D eigenvalue weighted by Crippen LogP contribution is 2.09. The van der Waals surface area contributed by atoms with Gasteiger partial charge in [-0.05, 0) is 23.5 Å². The lowest BCUT2D eigenvalue weighted by Gasteiger charge is -2.02. The molecule has 7 heteroatoms. The molecule has 18 heavy (non-hydrogen) atoms. The van der Waals surface area contributed by atoms with Crippen molar-refractivity contribution in [2.45, 2.75) is 13.5 Å². The Bertz CT molecular complexity index is 535. The maximum absolute atomic E-state index is 10.5. The summed E-state index contributed by atoms with van der Waals surface area (Å²) >= 11 is 0. The van der Waals surface area contributed by atoms with Crippen LogP contribution in [0.2, 0.25) is 0 Å². The summed E-state index contributed by atoms with van der Waals surface area (Å²) in [6, 6.07) is 5.16. The molecule has 0 spiro atoms. The van der Waals surface area contributed by atoms with Crippen LogP contribution in [0.4, 0.5) is 11.6 Å². The van der Waals surface area contributed by atoms with Gasteiger partial charge in [-0.1, -0.05) is 6.07 Å². The van der Waals surface area contributed by atoms with Gasteiger partial charge < -0.3 is 15.4 Å². The van der Waals surface area contributed by atoms with Crippen molar-refractivity contribution in [3.05, 3.63) is 46.3 Å². The number of nitro groups is 1. The lowest BCUT2D eigenvalue weighted by Crippen LogP contribution is -2.03. The van der Waals surface area contributed by atoms with E-state index >= 15 is 0 Å². The van der Waals surface area contributed by atoms with Gasteiger partial charge in [-0.2, -0.15) is 4.68 Å². The highest BCUT2D eigenvalue weighted by Gasteiger charge is 2.10. The summed E-state index contributed by atoms with van der Waals surface area (Å²) in [6.07, 6.45) is 3.31. The van der Waals surface area contributed by atoms with Crippen molar-refractivity contribution in [3.8, 4) is 0 Å². The Hall–Kier alpha value is -2.44. The maximum atomic E-state index is 10.5. The zero-order valence-corrected chi connectivity index (χ0v) is 9.91. The van der Waals surface area contributed by atoms with E-state index in [1.165, 1.54) is 10.7 Å². The molecule has 0 bridgehead atoms. The van der Waals surface area contributed by atoms with Crippen LogP contribution in [0.5, 0.6) is 0 Å². The summed E-state index contributed by atoms with van der Waals surface area (Å²) in [5.41, 5.74) is 0.939. The molecule has 0 amide bonds. The highest BCUT2D eigenvalue weighted by atomic mass is 16.6. The Balaban J connectivity index is 2.06. The lowest BCUT2D eigenvalue weighted by atomic mass is 10.3. The van der Waals surface area contributed by atoms with Gasteiger partial charge in [-0.15, -0.1) is 0 Å². The Labute approximate surface area is 104 Å². The van der Waals surface area contributed by atoms with E-state index in [-0.39, 0.29) is 5.82 Å². The van der Waals surface area contributed by atoms with Crippen LogP contribution >= 0.6 is 0 Å². The van der Waals surface area contributed by atoms with E-state index in [1.807, 2.05) is 19.1 Å². The average Bonchev–Trinajstić information content (AvgIpc) is 2.81. The van der Waals surface area contributed by atoms with E-state index < -0.39 is 4.92 Å². The van der Waals surface area contributed by atoms with Crippen molar-refractivity contribution in [1.82, 2.24) is 14.8 Å². The first-order chi connectivity index (χ1) is 8.69. The predicted octanol–water partition coefficient (Wildman–Crippen LogP) is 1.67. The van der Waals surface area contributed by atoms with Crippen molar-refractivity contribution < 1.29 is 4.92 Å². The molecular formula is C11H13N5O2. The third-order valence-corrected chi connectivity index (χ3v) is 2.34. The molecule has 0 radical (unpaired) electrons. The van der Waals surface area contributed by atoms with E-state index in [0.717, 1.165) is 17.9 Å². The molecule has 0 aliphatic heterocycles. The Kier molecular flexibility index (Phi) is 3.52. The van der Waals surface area contributed by atoms with Crippen LogP contribution in [-0.4, -0.2) is 26.2 Å². The van der Waals surface area contributed by atoms with Crippen LogP contribution in [0.15, 0.2) is 30.6 Å². The van der Waals surface area contributed by atoms with Gasteiger partial charge in [0.2, 0.25) is 0 Å². The summed E-state index contributed by atoms with van der Waals surface area (Å²) in [5, 5.41) is 17.4. The quantitative estimate of drug-likeness (QED) is 0.641. The standard InChI is InChI=1S/C11H13N5O2/c1-2-12-10-4-3-9(7-13-10)8-15-6-5-11(14-15)16(17)18/h3-7H,2,8H2,1H3,(H,12,13). The topological polar surface area (TPSA) is 85.9 Å². The summed E-state index contributed by atoms with van der Waals surface area (Å²) in [7, 11) is 0. The molecule has 7 nitrogen and oxygen atoms in total. The van der Waals surface area contributed by atoms with Crippen molar-refractivity contribution in [1.29, 1.82) is 0 Å². The van der Waals surface area contributed by atoms with E-state index in [2.05, 4.69) is 15.4 Å². The van der Waals surface area contributed by atoms with Crippen molar-refractivity contribution in [2.75, 3.05) is 11.9 Å². The summed E-state index contributed by atoms with van der Waals surface area (Å²) < 4.78 is 1.52. The van der Waals surface area contributed by atoms with Crippen molar-refractivity contribution in [3.63, 3.8) is 0 Å². The van der Waals surface area contributed by atoms with Gasteiger partial charge >= 0.3 is 5.82 Å². The maximum Gasteiger partial charge on any atom is 0.389 e. The number of hydrogen-bond donors (Lipinski definition) is 1. The number of pyridine rings is 1. The normalized spacial score (nSPS) is 10.3. The number of nitrogens with one attached hydrogen (secondary N) is 1. The van der Waals surface area contributed by atoms with E-state index in [1.54, 1.807) is 12.4 Å². The largest absolute Gasteiger partial charge is 0.389 e. The summed E-state index contributed by atoms with van der Waals surface area (Å²) in [5.74, 6) is 0.667. The van der Waals surface area contributed by atoms with Gasteiger partial charge in [0, 0.05) is 12.7 Å². The van der Waals surface area contributed by atoms with E-state index in [0.29, 0.717) is 6.54 Å². The minimum absolute atomic E-state index is 0.146. The van der Waals surface area contributed by atoms with Gasteiger partial charge in [0.1, 0.15) is 5.82 Å². The van der Waals surface area contributed by atoms with Crippen LogP contribution in [-0.2, 0) is 6.54 Å². The summed E-state index contributed by atoms with van der Waals surface area (Å²) in [4.78, 5) is 14.2. The number of nitrogens with zero attached hydrogens (tertiary/aromatic N) is 4. The predicted molar refractivity (Wildman–Crippen MR) is 66.4 cm³/mol. The fourth-order valence-corrected chi connectivity index (χ4v) is 1.53. The molecule has 2 heterocycles. The van der Waals surface area contributed by atoms with E-state index in [4.69, 9.17) is 0 Å². The molecule has 0 aromatic carbocycles. The zero-order chi connectivity index (χ0) is 13.0. The van der Waals surface area contributed by atoms with Gasteiger partial charge in [-0.3, -0.25) is 0 Å². The van der Waals surface area contributed by atoms with Crippen molar-refractivity contribution >= 4 is 11.6 Å². The molecule has 0 aliphatic carbocycles. The molecule has 0 aliphatic rings. The van der Waals surface area contributed by atoms with Crippen LogP contribution in [0, 0.1) is 10.1 Å². The van der Waals surface area contributed by atoms with Gasteiger partial charge in [0.15, 0.2) is 0 Å². The molecule has 2 aromatic rings. The second-order valence-corrected chi connectivity index (χ2v) is 3.71. The van der Waals surface area contributed by atoms with E-state index in [9.17, 15) is 10.1 Å². The first kappa shape index (κ1) is 12.0. The summed E-state index contributed by atoms with van der Waals surface area (Å²) in [6.45, 7) is 3.28. The molecule has 0 fully saturated rings. The first-order valence-electron chi connectivity index (χ1n) is 5.55. The second kappa shape index (κ2) is 5.26. The third-order valence-electron chi connectivity index (χ3n) is 2.34. The molecule has 0 unspecified atom stereocenters. The van der Waals surface area contributed by atoms with Crippen LogP contribution in [0.3, 0.4) is 0 Å². The molecule has 0 saturated carbocycles. The number of rotatable bonds is 5. The minimum atomic E-state index is -0.511. The molecule has 94 valence electrons. The monoisotopic (exact) mass is 247 g/mol. The molecule has 2 aromatic heterocycles. The Morgan fingerprint density at radius 3 is 2.83 bits per heavy atom. The van der Waals surface area contributed by atoms with Gasteiger partial charge in [-0.25, -0.2) is 4.98 Å². The average molecular weight is 247 g/mol. The Morgan fingerprint density at radius 2 is 2.28 bits per heavy atom. The fourth-order valence-electron chi connectivity index (χ4n) is 1.53. The molecule has 2 rings (SSSR count). The minimum Gasteiger partial charge on any atom is -0.370 e. The molecule has 1 N–H and O–H groups in total. The molecule has 0 atom stereocenters. The van der Waals surface area contributed by atoms with Crippen molar-refractivity contribution in [2.24, 2.45) is 0 Å². The SMILES string of the molecule is CCNc1ccc(Cn2ccc([N+](=O)[O-])n2)cn1. The number of anilines is 1. The molecular weight excluding hydrogens is 234 g/mol.